The number of nitro groups is 1. The lowest BCUT2D eigenvalue weighted by Crippen LogP contribution is -2.08. The Balaban J connectivity index is 2.09. The zero-order valence-corrected chi connectivity index (χ0v) is 11.3. The van der Waals surface area contributed by atoms with Crippen LogP contribution >= 0.6 is 0 Å². The highest BCUT2D eigenvalue weighted by atomic mass is 16.6. The Morgan fingerprint density at radius 2 is 2.30 bits per heavy atom. The Morgan fingerprint density at radius 3 is 3.00 bits per heavy atom. The SMILES string of the molecule is CCOCCCNc1cc2c(cc1[N+](=O)[O-])CC(=O)N2. The van der Waals surface area contributed by atoms with Gasteiger partial charge in [0.25, 0.3) is 5.69 Å². The Hall–Kier alpha value is -2.15. The summed E-state index contributed by atoms with van der Waals surface area (Å²) in [5.41, 5.74) is 1.73. The minimum absolute atomic E-state index is 0.00309. The second-order valence-electron chi connectivity index (χ2n) is 4.49. The summed E-state index contributed by atoms with van der Waals surface area (Å²) in [6.45, 7) is 3.76. The van der Waals surface area contributed by atoms with Gasteiger partial charge in [0.1, 0.15) is 5.69 Å². The van der Waals surface area contributed by atoms with Crippen molar-refractivity contribution in [3.8, 4) is 0 Å². The number of carbonyl (C=O) groups is 1. The first-order valence-electron chi connectivity index (χ1n) is 6.54. The van der Waals surface area contributed by atoms with E-state index in [-0.39, 0.29) is 18.0 Å². The van der Waals surface area contributed by atoms with Crippen molar-refractivity contribution in [2.24, 2.45) is 0 Å². The number of benzene rings is 1. The van der Waals surface area contributed by atoms with Gasteiger partial charge >= 0.3 is 0 Å². The van der Waals surface area contributed by atoms with Crippen LogP contribution in [-0.2, 0) is 16.0 Å². The fourth-order valence-corrected chi connectivity index (χ4v) is 2.10. The van der Waals surface area contributed by atoms with Crippen molar-refractivity contribution in [1.29, 1.82) is 0 Å². The van der Waals surface area contributed by atoms with E-state index in [0.29, 0.717) is 36.7 Å². The van der Waals surface area contributed by atoms with E-state index in [1.165, 1.54) is 6.07 Å². The van der Waals surface area contributed by atoms with Crippen molar-refractivity contribution in [1.82, 2.24) is 0 Å². The third-order valence-corrected chi connectivity index (χ3v) is 3.03. The van der Waals surface area contributed by atoms with Crippen LogP contribution in [0, 0.1) is 10.1 Å². The van der Waals surface area contributed by atoms with Crippen molar-refractivity contribution < 1.29 is 14.5 Å². The highest BCUT2D eigenvalue weighted by molar-refractivity contribution is 6.00. The van der Waals surface area contributed by atoms with E-state index in [1.807, 2.05) is 6.92 Å². The molecule has 2 rings (SSSR count). The van der Waals surface area contributed by atoms with Gasteiger partial charge in [-0.3, -0.25) is 14.9 Å². The van der Waals surface area contributed by atoms with E-state index < -0.39 is 4.92 Å². The van der Waals surface area contributed by atoms with E-state index in [0.717, 1.165) is 6.42 Å². The second kappa shape index (κ2) is 6.33. The van der Waals surface area contributed by atoms with E-state index in [4.69, 9.17) is 4.74 Å². The maximum absolute atomic E-state index is 11.3. The van der Waals surface area contributed by atoms with E-state index in [2.05, 4.69) is 10.6 Å². The number of anilines is 2. The molecule has 0 spiro atoms. The molecule has 0 saturated carbocycles. The molecule has 1 amide bonds. The Bertz CT molecular complexity index is 531. The first-order chi connectivity index (χ1) is 9.61. The summed E-state index contributed by atoms with van der Waals surface area (Å²) in [5, 5.41) is 16.8. The number of carbonyl (C=O) groups excluding carboxylic acids is 1. The van der Waals surface area contributed by atoms with E-state index in [1.54, 1.807) is 6.07 Å². The first-order valence-corrected chi connectivity index (χ1v) is 6.54. The van der Waals surface area contributed by atoms with E-state index in [9.17, 15) is 14.9 Å². The molecule has 1 heterocycles. The monoisotopic (exact) mass is 279 g/mol. The molecule has 1 aliphatic heterocycles. The standard InChI is InChI=1S/C13H17N3O4/c1-2-20-5-3-4-14-11-8-10-9(7-13(17)15-10)6-12(11)16(18)19/h6,8,14H,2-5,7H2,1H3,(H,15,17). The Morgan fingerprint density at radius 1 is 1.50 bits per heavy atom. The number of rotatable bonds is 7. The molecular weight excluding hydrogens is 262 g/mol. The van der Waals surface area contributed by atoms with Gasteiger partial charge in [0.05, 0.1) is 11.3 Å². The Kier molecular flexibility index (Phi) is 4.52. The Labute approximate surface area is 116 Å². The van der Waals surface area contributed by atoms with Gasteiger partial charge in [-0.15, -0.1) is 0 Å². The molecule has 0 unspecified atom stereocenters. The normalized spacial score (nSPS) is 12.9. The molecule has 1 aromatic carbocycles. The molecule has 0 bridgehead atoms. The minimum atomic E-state index is -0.437. The summed E-state index contributed by atoms with van der Waals surface area (Å²) in [7, 11) is 0. The summed E-state index contributed by atoms with van der Waals surface area (Å²) in [5.74, 6) is -0.136. The maximum atomic E-state index is 11.3. The predicted molar refractivity (Wildman–Crippen MR) is 75.0 cm³/mol. The molecule has 108 valence electrons. The predicted octanol–water partition coefficient (Wildman–Crippen LogP) is 1.93. The molecule has 0 saturated heterocycles. The molecule has 20 heavy (non-hydrogen) atoms. The highest BCUT2D eigenvalue weighted by Gasteiger charge is 2.24. The van der Waals surface area contributed by atoms with Gasteiger partial charge in [-0.05, 0) is 25.0 Å². The number of nitrogens with one attached hydrogen (secondary N) is 2. The second-order valence-corrected chi connectivity index (χ2v) is 4.49. The highest BCUT2D eigenvalue weighted by Crippen LogP contribution is 2.34. The first kappa shape index (κ1) is 14.3. The molecular formula is C13H17N3O4. The van der Waals surface area contributed by atoms with Crippen molar-refractivity contribution in [3.05, 3.63) is 27.8 Å². The number of ether oxygens (including phenoxy) is 1. The van der Waals surface area contributed by atoms with Crippen molar-refractivity contribution >= 4 is 23.0 Å². The van der Waals surface area contributed by atoms with Gasteiger partial charge in [-0.1, -0.05) is 0 Å². The van der Waals surface area contributed by atoms with Crippen LogP contribution in [0.25, 0.3) is 0 Å². The van der Waals surface area contributed by atoms with Crippen molar-refractivity contribution in [2.75, 3.05) is 30.4 Å². The minimum Gasteiger partial charge on any atom is -0.382 e. The van der Waals surface area contributed by atoms with Crippen molar-refractivity contribution in [3.63, 3.8) is 0 Å². The van der Waals surface area contributed by atoms with Crippen LogP contribution in [0.4, 0.5) is 17.1 Å². The largest absolute Gasteiger partial charge is 0.382 e. The topological polar surface area (TPSA) is 93.5 Å². The summed E-state index contributed by atoms with van der Waals surface area (Å²) in [6.07, 6.45) is 0.954. The van der Waals surface area contributed by atoms with Gasteiger partial charge in [0.15, 0.2) is 0 Å². The smallest absolute Gasteiger partial charge is 0.292 e. The average Bonchev–Trinajstić information content (AvgIpc) is 2.76. The number of nitrogens with zero attached hydrogens (tertiary/aromatic N) is 1. The van der Waals surface area contributed by atoms with Crippen LogP contribution in [0.3, 0.4) is 0 Å². The average molecular weight is 279 g/mol. The molecule has 7 nitrogen and oxygen atoms in total. The van der Waals surface area contributed by atoms with Crippen LogP contribution in [0.1, 0.15) is 18.9 Å². The summed E-state index contributed by atoms with van der Waals surface area (Å²) in [4.78, 5) is 21.9. The molecule has 0 aliphatic carbocycles. The zero-order chi connectivity index (χ0) is 14.5. The molecule has 0 fully saturated rings. The molecule has 0 atom stereocenters. The van der Waals surface area contributed by atoms with Crippen LogP contribution < -0.4 is 10.6 Å². The molecule has 1 aromatic rings. The van der Waals surface area contributed by atoms with Gasteiger partial charge in [0, 0.05) is 31.5 Å². The van der Waals surface area contributed by atoms with Gasteiger partial charge in [0.2, 0.25) is 5.91 Å². The summed E-state index contributed by atoms with van der Waals surface area (Å²) in [6, 6.07) is 3.08. The zero-order valence-electron chi connectivity index (χ0n) is 11.3. The van der Waals surface area contributed by atoms with Crippen LogP contribution in [0.5, 0.6) is 0 Å². The molecule has 1 aliphatic rings. The number of hydrogen-bond acceptors (Lipinski definition) is 5. The van der Waals surface area contributed by atoms with Crippen molar-refractivity contribution in [2.45, 2.75) is 19.8 Å². The van der Waals surface area contributed by atoms with Crippen LogP contribution in [-0.4, -0.2) is 30.6 Å². The summed E-state index contributed by atoms with van der Waals surface area (Å²) >= 11 is 0. The third kappa shape index (κ3) is 3.24. The van der Waals surface area contributed by atoms with Gasteiger partial charge < -0.3 is 15.4 Å². The molecule has 7 heteroatoms. The lowest BCUT2D eigenvalue weighted by Gasteiger charge is -2.09. The summed E-state index contributed by atoms with van der Waals surface area (Å²) < 4.78 is 5.21. The molecule has 0 radical (unpaired) electrons. The number of hydrogen-bond donors (Lipinski definition) is 2. The molecule has 0 aromatic heterocycles. The number of amides is 1. The quantitative estimate of drug-likeness (QED) is 0.452. The van der Waals surface area contributed by atoms with Gasteiger partial charge in [-0.25, -0.2) is 0 Å². The van der Waals surface area contributed by atoms with Gasteiger partial charge in [-0.2, -0.15) is 0 Å². The van der Waals surface area contributed by atoms with Crippen LogP contribution in [0.2, 0.25) is 0 Å². The van der Waals surface area contributed by atoms with Crippen LogP contribution in [0.15, 0.2) is 12.1 Å². The lowest BCUT2D eigenvalue weighted by atomic mass is 10.1. The molecule has 2 N–H and O–H groups in total. The maximum Gasteiger partial charge on any atom is 0.292 e. The fourth-order valence-electron chi connectivity index (χ4n) is 2.10. The number of nitro benzene ring substituents is 1. The number of fused-ring (bicyclic) bond motifs is 1. The fraction of sp³-hybridized carbons (Fsp3) is 0.462. The lowest BCUT2D eigenvalue weighted by molar-refractivity contribution is -0.384. The third-order valence-electron chi connectivity index (χ3n) is 3.03. The van der Waals surface area contributed by atoms with E-state index >= 15 is 0 Å².